The monoisotopic (exact) mass is 309 g/mol. The van der Waals surface area contributed by atoms with E-state index in [9.17, 15) is 9.59 Å². The lowest BCUT2D eigenvalue weighted by molar-refractivity contribution is 0.0735. The van der Waals surface area contributed by atoms with Gasteiger partial charge in [0.25, 0.3) is 0 Å². The lowest BCUT2D eigenvalue weighted by Crippen LogP contribution is -2.10. The lowest BCUT2D eigenvalue weighted by atomic mass is 9.92. The van der Waals surface area contributed by atoms with Gasteiger partial charge in [0.15, 0.2) is 5.58 Å². The third-order valence-corrected chi connectivity index (χ3v) is 4.20. The molecule has 2 aromatic carbocycles. The number of fused-ring (bicyclic) bond motifs is 2. The molecule has 0 fully saturated rings. The van der Waals surface area contributed by atoms with E-state index in [2.05, 4.69) is 4.98 Å². The number of hydrogen-bond acceptors (Lipinski definition) is 4. The molecule has 1 N–H and O–H groups in total. The first-order valence-electron chi connectivity index (χ1n) is 7.66. The van der Waals surface area contributed by atoms with E-state index < -0.39 is 11.7 Å². The van der Waals surface area contributed by atoms with Gasteiger partial charge in [-0.3, -0.25) is 4.98 Å². The first-order chi connectivity index (χ1) is 11.2. The van der Waals surface area contributed by atoms with Crippen LogP contribution in [0.5, 0.6) is 5.75 Å². The van der Waals surface area contributed by atoms with E-state index in [1.807, 2.05) is 18.2 Å². The highest BCUT2D eigenvalue weighted by atomic mass is 16.5. The molecule has 0 saturated heterocycles. The molecule has 0 unspecified atom stereocenters. The van der Waals surface area contributed by atoms with Crippen molar-refractivity contribution in [2.75, 3.05) is 0 Å². The molecule has 116 valence electrons. The molecule has 1 aliphatic rings. The molecule has 0 amide bonds. The maximum atomic E-state index is 12.4. The van der Waals surface area contributed by atoms with Crippen molar-refractivity contribution in [3.63, 3.8) is 0 Å². The number of benzene rings is 2. The molecule has 4 rings (SSSR count). The number of rotatable bonds is 2. The zero-order valence-corrected chi connectivity index (χ0v) is 12.4. The van der Waals surface area contributed by atoms with Gasteiger partial charge in [-0.15, -0.1) is 0 Å². The van der Waals surface area contributed by atoms with E-state index in [4.69, 9.17) is 9.15 Å². The minimum atomic E-state index is -0.589. The van der Waals surface area contributed by atoms with Gasteiger partial charge in [-0.25, -0.2) is 9.59 Å². The largest absolute Gasteiger partial charge is 0.423 e. The Balaban J connectivity index is 1.65. The van der Waals surface area contributed by atoms with E-state index >= 15 is 0 Å². The van der Waals surface area contributed by atoms with Crippen LogP contribution in [0.1, 0.15) is 34.3 Å². The Labute approximate surface area is 131 Å². The number of nitrogens with one attached hydrogen (secondary N) is 1. The van der Waals surface area contributed by atoms with Crippen LogP contribution < -0.4 is 10.5 Å². The Kier molecular flexibility index (Phi) is 3.26. The molecule has 5 heteroatoms. The summed E-state index contributed by atoms with van der Waals surface area (Å²) in [5, 5.41) is 0. The summed E-state index contributed by atoms with van der Waals surface area (Å²) in [6.07, 6.45) is 4.47. The van der Waals surface area contributed by atoms with Gasteiger partial charge in [-0.1, -0.05) is 12.1 Å². The lowest BCUT2D eigenvalue weighted by Gasteiger charge is -2.16. The van der Waals surface area contributed by atoms with Crippen LogP contribution in [0, 0.1) is 0 Å². The molecule has 0 bridgehead atoms. The van der Waals surface area contributed by atoms with Gasteiger partial charge < -0.3 is 9.15 Å². The minimum Gasteiger partial charge on any atom is -0.423 e. The summed E-state index contributed by atoms with van der Waals surface area (Å²) in [5.74, 6) is -0.603. The smallest absolute Gasteiger partial charge is 0.417 e. The Hall–Kier alpha value is -2.82. The molecule has 1 aromatic heterocycles. The molecule has 1 aliphatic carbocycles. The number of oxazole rings is 1. The zero-order valence-electron chi connectivity index (χ0n) is 12.4. The van der Waals surface area contributed by atoms with E-state index in [0.717, 1.165) is 19.3 Å². The number of carbonyl (C=O) groups is 1. The third kappa shape index (κ3) is 2.54. The normalized spacial score (nSPS) is 13.7. The predicted octanol–water partition coefficient (Wildman–Crippen LogP) is 3.22. The minimum absolute atomic E-state index is 0.223. The molecular weight excluding hydrogens is 294 g/mol. The first-order valence-corrected chi connectivity index (χ1v) is 7.66. The number of aromatic amines is 1. The molecule has 0 radical (unpaired) electrons. The molecule has 1 heterocycles. The Morgan fingerprint density at radius 2 is 1.91 bits per heavy atom. The number of carbonyl (C=O) groups excluding carboxylic acids is 1. The van der Waals surface area contributed by atoms with Crippen LogP contribution in [-0.4, -0.2) is 11.0 Å². The summed E-state index contributed by atoms with van der Waals surface area (Å²) >= 11 is 0. The van der Waals surface area contributed by atoms with Gasteiger partial charge >= 0.3 is 11.7 Å². The fraction of sp³-hybridized carbons (Fsp3) is 0.222. The molecule has 0 saturated carbocycles. The van der Waals surface area contributed by atoms with Crippen molar-refractivity contribution in [2.24, 2.45) is 0 Å². The van der Waals surface area contributed by atoms with Crippen molar-refractivity contribution in [3.8, 4) is 5.75 Å². The standard InChI is InChI=1S/C18H15NO4/c20-17(14-6-3-7-15-16(14)23-18(21)19-15)22-13-9-8-11-4-1-2-5-12(11)10-13/h3,6-10H,1-2,4-5H2,(H,19,21). The first kappa shape index (κ1) is 13.8. The van der Waals surface area contributed by atoms with Gasteiger partial charge in [-0.05, 0) is 61.1 Å². The quantitative estimate of drug-likeness (QED) is 0.583. The van der Waals surface area contributed by atoms with Gasteiger partial charge in [0.2, 0.25) is 0 Å². The van der Waals surface area contributed by atoms with Crippen LogP contribution in [0.25, 0.3) is 11.1 Å². The summed E-state index contributed by atoms with van der Waals surface area (Å²) in [6.45, 7) is 0. The van der Waals surface area contributed by atoms with Gasteiger partial charge in [-0.2, -0.15) is 0 Å². The highest BCUT2D eigenvalue weighted by molar-refractivity contribution is 6.01. The van der Waals surface area contributed by atoms with Crippen LogP contribution >= 0.6 is 0 Å². The van der Waals surface area contributed by atoms with Crippen molar-refractivity contribution in [1.29, 1.82) is 0 Å². The van der Waals surface area contributed by atoms with Crippen molar-refractivity contribution in [2.45, 2.75) is 25.7 Å². The maximum Gasteiger partial charge on any atom is 0.417 e. The van der Waals surface area contributed by atoms with Crippen molar-refractivity contribution < 1.29 is 13.9 Å². The van der Waals surface area contributed by atoms with Crippen molar-refractivity contribution in [1.82, 2.24) is 4.98 Å². The molecule has 5 nitrogen and oxygen atoms in total. The summed E-state index contributed by atoms with van der Waals surface area (Å²) < 4.78 is 10.5. The number of para-hydroxylation sites is 1. The second kappa shape index (κ2) is 5.43. The van der Waals surface area contributed by atoms with Crippen molar-refractivity contribution in [3.05, 3.63) is 63.6 Å². The number of esters is 1. The van der Waals surface area contributed by atoms with E-state index in [1.54, 1.807) is 18.2 Å². The van der Waals surface area contributed by atoms with Gasteiger partial charge in [0.05, 0.1) is 5.52 Å². The van der Waals surface area contributed by atoms with Crippen LogP contribution in [0.3, 0.4) is 0 Å². The maximum absolute atomic E-state index is 12.4. The summed E-state index contributed by atoms with van der Waals surface area (Å²) in [7, 11) is 0. The number of H-pyrrole nitrogens is 1. The zero-order chi connectivity index (χ0) is 15.8. The number of aromatic nitrogens is 1. The van der Waals surface area contributed by atoms with Gasteiger partial charge in [0, 0.05) is 0 Å². The highest BCUT2D eigenvalue weighted by Crippen LogP contribution is 2.26. The molecule has 23 heavy (non-hydrogen) atoms. The molecule has 0 spiro atoms. The fourth-order valence-corrected chi connectivity index (χ4v) is 3.07. The fourth-order valence-electron chi connectivity index (χ4n) is 3.07. The Morgan fingerprint density at radius 3 is 2.78 bits per heavy atom. The second-order valence-corrected chi connectivity index (χ2v) is 5.72. The third-order valence-electron chi connectivity index (χ3n) is 4.20. The van der Waals surface area contributed by atoms with Crippen molar-refractivity contribution >= 4 is 17.1 Å². The molecule has 0 atom stereocenters. The van der Waals surface area contributed by atoms with E-state index in [0.29, 0.717) is 11.3 Å². The second-order valence-electron chi connectivity index (χ2n) is 5.72. The average Bonchev–Trinajstić information content (AvgIpc) is 2.94. The molecular formula is C18H15NO4. The average molecular weight is 309 g/mol. The Morgan fingerprint density at radius 1 is 1.09 bits per heavy atom. The summed E-state index contributed by atoms with van der Waals surface area (Å²) in [5.41, 5.74) is 3.51. The number of aryl methyl sites for hydroxylation is 2. The van der Waals surface area contributed by atoms with Crippen LogP contribution in [0.15, 0.2) is 45.6 Å². The summed E-state index contributed by atoms with van der Waals surface area (Å²) in [4.78, 5) is 26.2. The van der Waals surface area contributed by atoms with E-state index in [1.165, 1.54) is 17.5 Å². The number of ether oxygens (including phenoxy) is 1. The SMILES string of the molecule is O=C(Oc1ccc2c(c1)CCCC2)c1cccc2[nH]c(=O)oc12. The highest BCUT2D eigenvalue weighted by Gasteiger charge is 2.17. The van der Waals surface area contributed by atoms with Crippen LogP contribution in [0.4, 0.5) is 0 Å². The number of hydrogen-bond donors (Lipinski definition) is 1. The molecule has 3 aromatic rings. The van der Waals surface area contributed by atoms with E-state index in [-0.39, 0.29) is 11.1 Å². The topological polar surface area (TPSA) is 72.3 Å². The van der Waals surface area contributed by atoms with Crippen LogP contribution in [0.2, 0.25) is 0 Å². The van der Waals surface area contributed by atoms with Gasteiger partial charge in [0.1, 0.15) is 11.3 Å². The summed E-state index contributed by atoms with van der Waals surface area (Å²) in [6, 6.07) is 10.7. The van der Waals surface area contributed by atoms with Crippen LogP contribution in [-0.2, 0) is 12.8 Å². The molecule has 0 aliphatic heterocycles. The predicted molar refractivity (Wildman–Crippen MR) is 84.9 cm³/mol. The Bertz CT molecular complexity index is 951.